The molecule has 0 N–H and O–H groups in total. The molecule has 1 heterocycles. The zero-order valence-electron chi connectivity index (χ0n) is 17.6. The van der Waals surface area contributed by atoms with Crippen molar-refractivity contribution in [1.82, 2.24) is 0 Å². The van der Waals surface area contributed by atoms with Gasteiger partial charge in [-0.2, -0.15) is 4.40 Å². The second-order valence-corrected chi connectivity index (χ2v) is 8.61. The largest absolute Gasteiger partial charge is 0.493 e. The summed E-state index contributed by atoms with van der Waals surface area (Å²) in [5, 5.41) is 0.410. The van der Waals surface area contributed by atoms with Crippen LogP contribution in [0.25, 0.3) is 6.08 Å². The number of amidine groups is 1. The topological polar surface area (TPSA) is 51.1 Å². The molecule has 1 amide bonds. The van der Waals surface area contributed by atoms with Crippen molar-refractivity contribution in [1.29, 1.82) is 0 Å². The highest BCUT2D eigenvalue weighted by Gasteiger charge is 2.35. The molecule has 0 aromatic heterocycles. The molecule has 1 aliphatic heterocycles. The van der Waals surface area contributed by atoms with E-state index in [1.807, 2.05) is 6.07 Å². The van der Waals surface area contributed by atoms with Crippen LogP contribution in [0.15, 0.2) is 80.9 Å². The fourth-order valence-electron chi connectivity index (χ4n) is 3.03. The molecular formula is C24H18F2N2O3S2. The lowest BCUT2D eigenvalue weighted by atomic mass is 10.2. The van der Waals surface area contributed by atoms with Crippen molar-refractivity contribution < 1.29 is 23.0 Å². The van der Waals surface area contributed by atoms with Gasteiger partial charge < -0.3 is 9.47 Å². The number of hydrogen-bond acceptors (Lipinski definition) is 6. The number of nitrogens with zero attached hydrogens (tertiary/aromatic N) is 2. The number of anilines is 1. The number of ether oxygens (including phenoxy) is 2. The zero-order valence-corrected chi connectivity index (χ0v) is 19.3. The molecule has 0 radical (unpaired) electrons. The van der Waals surface area contributed by atoms with E-state index in [1.54, 1.807) is 37.5 Å². The van der Waals surface area contributed by atoms with E-state index >= 15 is 0 Å². The molecule has 3 aromatic rings. The highest BCUT2D eigenvalue weighted by molar-refractivity contribution is 8.20. The van der Waals surface area contributed by atoms with Crippen LogP contribution >= 0.6 is 23.7 Å². The van der Waals surface area contributed by atoms with Crippen LogP contribution in [0.1, 0.15) is 5.56 Å². The lowest BCUT2D eigenvalue weighted by molar-refractivity contribution is -0.113. The highest BCUT2D eigenvalue weighted by atomic mass is 32.2. The molecule has 9 heteroatoms. The van der Waals surface area contributed by atoms with E-state index in [4.69, 9.17) is 9.47 Å². The molecule has 1 aliphatic rings. The maximum absolute atomic E-state index is 13.5. The second kappa shape index (κ2) is 10.1. The van der Waals surface area contributed by atoms with Crippen LogP contribution in [0, 0.1) is 11.6 Å². The van der Waals surface area contributed by atoms with Gasteiger partial charge >= 0.3 is 0 Å². The number of rotatable bonds is 6. The average molecular weight is 485 g/mol. The van der Waals surface area contributed by atoms with Crippen LogP contribution in [0.5, 0.6) is 11.5 Å². The van der Waals surface area contributed by atoms with Gasteiger partial charge in [-0.15, -0.1) is 0 Å². The number of thioether (sulfide) groups is 1. The number of amides is 1. The number of methoxy groups -OCH3 is 2. The standard InChI is InChI=1S/C24H18F2N2O3S2/c1-30-20-12-3-15(13-21(20)31-2)14-22-23(29)28(18-8-4-16(25)5-9-18)24(32-22)27-33-19-10-6-17(26)7-11-19/h3-14H,1-2H3/b22-14-,27-24-. The lowest BCUT2D eigenvalue weighted by Gasteiger charge is -2.15. The van der Waals surface area contributed by atoms with Crippen molar-refractivity contribution in [2.45, 2.75) is 4.90 Å². The van der Waals surface area contributed by atoms with Crippen molar-refractivity contribution in [2.24, 2.45) is 4.40 Å². The number of benzene rings is 3. The van der Waals surface area contributed by atoms with Gasteiger partial charge in [-0.05, 0) is 84.1 Å². The Hall–Kier alpha value is -3.30. The Morgan fingerprint density at radius 3 is 2.18 bits per heavy atom. The first-order valence-electron chi connectivity index (χ1n) is 9.70. The van der Waals surface area contributed by atoms with Crippen LogP contribution in [-0.2, 0) is 4.79 Å². The van der Waals surface area contributed by atoms with Gasteiger partial charge in [0.2, 0.25) is 0 Å². The molecule has 0 bridgehead atoms. The fourth-order valence-corrected chi connectivity index (χ4v) is 4.67. The molecule has 0 aliphatic carbocycles. The Bertz CT molecular complexity index is 1230. The van der Waals surface area contributed by atoms with Crippen LogP contribution in [0.3, 0.4) is 0 Å². The summed E-state index contributed by atoms with van der Waals surface area (Å²) in [5.74, 6) is 0.0815. The predicted octanol–water partition coefficient (Wildman–Crippen LogP) is 6.17. The molecular weight excluding hydrogens is 466 g/mol. The third kappa shape index (κ3) is 5.20. The lowest BCUT2D eigenvalue weighted by Crippen LogP contribution is -2.28. The molecule has 1 fully saturated rings. The summed E-state index contributed by atoms with van der Waals surface area (Å²) in [6, 6.07) is 16.8. The van der Waals surface area contributed by atoms with Gasteiger partial charge in [0.15, 0.2) is 16.7 Å². The Kier molecular flexibility index (Phi) is 7.00. The van der Waals surface area contributed by atoms with Gasteiger partial charge in [0, 0.05) is 16.8 Å². The minimum atomic E-state index is -0.404. The van der Waals surface area contributed by atoms with Crippen LogP contribution in [0.4, 0.5) is 14.5 Å². The van der Waals surface area contributed by atoms with Crippen LogP contribution in [0.2, 0.25) is 0 Å². The third-order valence-electron chi connectivity index (χ3n) is 4.64. The monoisotopic (exact) mass is 484 g/mol. The van der Waals surface area contributed by atoms with E-state index in [2.05, 4.69) is 4.40 Å². The maximum atomic E-state index is 13.5. The summed E-state index contributed by atoms with van der Waals surface area (Å²) >= 11 is 2.31. The Morgan fingerprint density at radius 1 is 0.909 bits per heavy atom. The minimum absolute atomic E-state index is 0.292. The molecule has 4 rings (SSSR count). The molecule has 1 saturated heterocycles. The summed E-state index contributed by atoms with van der Waals surface area (Å²) in [6.45, 7) is 0. The minimum Gasteiger partial charge on any atom is -0.493 e. The van der Waals surface area contributed by atoms with Crippen molar-refractivity contribution in [3.63, 3.8) is 0 Å². The van der Waals surface area contributed by atoms with E-state index in [0.29, 0.717) is 32.2 Å². The summed E-state index contributed by atoms with van der Waals surface area (Å²) in [5.41, 5.74) is 1.23. The first-order chi connectivity index (χ1) is 16.0. The first-order valence-corrected chi connectivity index (χ1v) is 11.3. The van der Waals surface area contributed by atoms with E-state index in [0.717, 1.165) is 17.5 Å². The predicted molar refractivity (Wildman–Crippen MR) is 129 cm³/mol. The summed E-state index contributed by atoms with van der Waals surface area (Å²) in [6.07, 6.45) is 1.73. The Labute approximate surface area is 198 Å². The quantitative estimate of drug-likeness (QED) is 0.310. The molecule has 5 nitrogen and oxygen atoms in total. The summed E-state index contributed by atoms with van der Waals surface area (Å²) in [4.78, 5) is 15.9. The van der Waals surface area contributed by atoms with Crippen molar-refractivity contribution in [2.75, 3.05) is 19.1 Å². The van der Waals surface area contributed by atoms with Crippen molar-refractivity contribution in [3.05, 3.63) is 88.8 Å². The second-order valence-electron chi connectivity index (χ2n) is 6.76. The number of hydrogen-bond donors (Lipinski definition) is 0. The van der Waals surface area contributed by atoms with Crippen molar-refractivity contribution in [3.8, 4) is 11.5 Å². The molecule has 0 spiro atoms. The Balaban J connectivity index is 1.69. The Morgan fingerprint density at radius 2 is 1.55 bits per heavy atom. The smallest absolute Gasteiger partial charge is 0.271 e. The summed E-state index contributed by atoms with van der Waals surface area (Å²) in [7, 11) is 3.09. The molecule has 33 heavy (non-hydrogen) atoms. The highest BCUT2D eigenvalue weighted by Crippen LogP contribution is 2.38. The molecule has 0 atom stereocenters. The number of carbonyl (C=O) groups is 1. The van der Waals surface area contributed by atoms with E-state index in [-0.39, 0.29) is 11.7 Å². The first kappa shape index (κ1) is 22.9. The van der Waals surface area contributed by atoms with Gasteiger partial charge in [0.1, 0.15) is 11.6 Å². The van der Waals surface area contributed by atoms with Crippen LogP contribution in [-0.4, -0.2) is 25.3 Å². The van der Waals surface area contributed by atoms with E-state index < -0.39 is 5.82 Å². The van der Waals surface area contributed by atoms with Gasteiger partial charge in [-0.25, -0.2) is 8.78 Å². The third-order valence-corrected chi connectivity index (χ3v) is 6.47. The molecule has 0 unspecified atom stereocenters. The molecule has 3 aromatic carbocycles. The normalized spacial score (nSPS) is 16.0. The summed E-state index contributed by atoms with van der Waals surface area (Å²) < 4.78 is 41.8. The van der Waals surface area contributed by atoms with E-state index in [9.17, 15) is 13.6 Å². The van der Waals surface area contributed by atoms with Crippen LogP contribution < -0.4 is 14.4 Å². The van der Waals surface area contributed by atoms with Gasteiger partial charge in [-0.1, -0.05) is 6.07 Å². The SMILES string of the molecule is COc1ccc(/C=C2\S/C(=N\Sc3ccc(F)cc3)N(c3ccc(F)cc3)C2=O)cc1OC. The van der Waals surface area contributed by atoms with Crippen molar-refractivity contribution >= 4 is 46.5 Å². The fraction of sp³-hybridized carbons (Fsp3) is 0.0833. The average Bonchev–Trinajstić information content (AvgIpc) is 3.14. The van der Waals surface area contributed by atoms with Gasteiger partial charge in [0.25, 0.3) is 5.91 Å². The van der Waals surface area contributed by atoms with E-state index in [1.165, 1.54) is 60.2 Å². The number of carbonyl (C=O) groups excluding carboxylic acids is 1. The number of halogens is 2. The molecule has 168 valence electrons. The maximum Gasteiger partial charge on any atom is 0.271 e. The van der Waals surface area contributed by atoms with Gasteiger partial charge in [-0.3, -0.25) is 9.69 Å². The van der Waals surface area contributed by atoms with Gasteiger partial charge in [0.05, 0.1) is 24.8 Å². The molecule has 0 saturated carbocycles. The zero-order chi connectivity index (χ0) is 23.4.